The first-order valence-electron chi connectivity index (χ1n) is 13.1. The lowest BCUT2D eigenvalue weighted by Crippen LogP contribution is -2.43. The molecule has 10 heteroatoms. The summed E-state index contributed by atoms with van der Waals surface area (Å²) in [6.07, 6.45) is 2.66. The van der Waals surface area contributed by atoms with Crippen LogP contribution < -0.4 is 15.4 Å². The van der Waals surface area contributed by atoms with Crippen LogP contribution in [0.3, 0.4) is 0 Å². The highest BCUT2D eigenvalue weighted by Crippen LogP contribution is 2.41. The average Bonchev–Trinajstić information content (AvgIpc) is 3.63. The predicted octanol–water partition coefficient (Wildman–Crippen LogP) is 5.32. The zero-order chi connectivity index (χ0) is 27.0. The second kappa shape index (κ2) is 10.5. The van der Waals surface area contributed by atoms with Crippen LogP contribution in [0.1, 0.15) is 19.3 Å². The fraction of sp³-hybridized carbons (Fsp3) is 0.345. The largest absolute Gasteiger partial charge is 0.461 e. The Morgan fingerprint density at radius 2 is 2.13 bits per heavy atom. The lowest BCUT2D eigenvalue weighted by Gasteiger charge is -2.30. The van der Waals surface area contributed by atoms with E-state index in [-0.39, 0.29) is 29.9 Å². The number of nitrogens with zero attached hydrogens (tertiary/aromatic N) is 3. The van der Waals surface area contributed by atoms with Gasteiger partial charge >= 0.3 is 6.01 Å². The van der Waals surface area contributed by atoms with E-state index in [1.54, 1.807) is 17.4 Å². The monoisotopic (exact) mass is 549 g/mol. The molecule has 0 aliphatic carbocycles. The number of benzene rings is 2. The third-order valence-corrected chi connectivity index (χ3v) is 8.57. The van der Waals surface area contributed by atoms with Crippen molar-refractivity contribution in [3.05, 3.63) is 60.3 Å². The number of carbonyl (C=O) groups is 1. The molecule has 7 nitrogen and oxygen atoms in total. The molecule has 0 spiro atoms. The Morgan fingerprint density at radius 3 is 3.00 bits per heavy atom. The molecule has 39 heavy (non-hydrogen) atoms. The standard InChI is InChI=1S/C29H29F2N5O2S/c1-2-26(37)32-9-10-33-27-22-13-23(31)21(19-5-3-6-25-20(19)7-12-39-25)14-24(22)34-28(35-27)38-17-29-8-4-11-36(29)16-18(30)15-29/h2-3,5-7,12-14,18H,1,4,8-11,15-17H2,(H,32,37)(H,33,34,35)/t18-,29?/m1/s1. The van der Waals surface area contributed by atoms with Crippen molar-refractivity contribution in [2.24, 2.45) is 0 Å². The van der Waals surface area contributed by atoms with Crippen molar-refractivity contribution in [2.45, 2.75) is 31.0 Å². The number of aromatic nitrogens is 2. The van der Waals surface area contributed by atoms with Crippen molar-refractivity contribution in [2.75, 3.05) is 38.1 Å². The molecule has 4 heterocycles. The Morgan fingerprint density at radius 1 is 1.23 bits per heavy atom. The number of ether oxygens (including phenoxy) is 1. The maximum Gasteiger partial charge on any atom is 0.319 e. The first kappa shape index (κ1) is 25.6. The van der Waals surface area contributed by atoms with Crippen LogP contribution in [0.4, 0.5) is 14.6 Å². The van der Waals surface area contributed by atoms with E-state index in [2.05, 4.69) is 32.1 Å². The second-order valence-corrected chi connectivity index (χ2v) is 11.1. The minimum absolute atomic E-state index is 0.148. The van der Waals surface area contributed by atoms with Crippen LogP contribution in [0.15, 0.2) is 54.4 Å². The summed E-state index contributed by atoms with van der Waals surface area (Å²) in [4.78, 5) is 22.9. The van der Waals surface area contributed by atoms with Gasteiger partial charge in [-0.15, -0.1) is 11.3 Å². The number of hydrogen-bond acceptors (Lipinski definition) is 7. The number of halogens is 2. The van der Waals surface area contributed by atoms with Crippen LogP contribution in [0, 0.1) is 5.82 Å². The molecule has 2 fully saturated rings. The van der Waals surface area contributed by atoms with Gasteiger partial charge in [0.05, 0.1) is 11.1 Å². The molecule has 2 aliphatic rings. The predicted molar refractivity (Wildman–Crippen MR) is 151 cm³/mol. The van der Waals surface area contributed by atoms with Crippen molar-refractivity contribution < 1.29 is 18.3 Å². The molecule has 1 unspecified atom stereocenters. The van der Waals surface area contributed by atoms with Crippen molar-refractivity contribution in [1.29, 1.82) is 0 Å². The van der Waals surface area contributed by atoms with Gasteiger partial charge in [0.1, 0.15) is 24.4 Å². The molecule has 2 aromatic heterocycles. The van der Waals surface area contributed by atoms with Gasteiger partial charge in [0.2, 0.25) is 5.91 Å². The van der Waals surface area contributed by atoms with Crippen LogP contribution >= 0.6 is 11.3 Å². The number of thiophene rings is 1. The fourth-order valence-electron chi connectivity index (χ4n) is 5.85. The van der Waals surface area contributed by atoms with Crippen molar-refractivity contribution >= 4 is 44.1 Å². The topological polar surface area (TPSA) is 79.4 Å². The normalized spacial score (nSPS) is 20.8. The summed E-state index contributed by atoms with van der Waals surface area (Å²) < 4.78 is 37.1. The Kier molecular flexibility index (Phi) is 6.90. The summed E-state index contributed by atoms with van der Waals surface area (Å²) in [6, 6.07) is 11.1. The molecular weight excluding hydrogens is 520 g/mol. The minimum Gasteiger partial charge on any atom is -0.461 e. The van der Waals surface area contributed by atoms with Crippen LogP contribution in [0.2, 0.25) is 0 Å². The summed E-state index contributed by atoms with van der Waals surface area (Å²) in [6.45, 7) is 5.71. The van der Waals surface area contributed by atoms with Gasteiger partial charge in [0, 0.05) is 47.1 Å². The van der Waals surface area contributed by atoms with E-state index in [0.717, 1.165) is 35.0 Å². The van der Waals surface area contributed by atoms with E-state index >= 15 is 4.39 Å². The van der Waals surface area contributed by atoms with Gasteiger partial charge in [-0.05, 0) is 60.7 Å². The number of nitrogens with one attached hydrogen (secondary N) is 2. The maximum atomic E-state index is 15.6. The Labute approximate surface area is 228 Å². The summed E-state index contributed by atoms with van der Waals surface area (Å²) in [7, 11) is 0. The van der Waals surface area contributed by atoms with Crippen LogP contribution in [0.5, 0.6) is 6.01 Å². The lowest BCUT2D eigenvalue weighted by molar-refractivity contribution is -0.116. The van der Waals surface area contributed by atoms with E-state index in [1.165, 1.54) is 12.1 Å². The number of rotatable bonds is 9. The van der Waals surface area contributed by atoms with Crippen LogP contribution in [0.25, 0.3) is 32.1 Å². The second-order valence-electron chi connectivity index (χ2n) is 10.1. The van der Waals surface area contributed by atoms with Gasteiger partial charge in [-0.3, -0.25) is 9.69 Å². The molecule has 202 valence electrons. The zero-order valence-corrected chi connectivity index (χ0v) is 22.2. The number of carbonyl (C=O) groups excluding carboxylic acids is 1. The number of alkyl halides is 1. The van der Waals surface area contributed by atoms with Gasteiger partial charge < -0.3 is 15.4 Å². The van der Waals surface area contributed by atoms with Gasteiger partial charge in [-0.25, -0.2) is 8.78 Å². The highest BCUT2D eigenvalue weighted by molar-refractivity contribution is 7.17. The van der Waals surface area contributed by atoms with Gasteiger partial charge in [0.25, 0.3) is 0 Å². The smallest absolute Gasteiger partial charge is 0.319 e. The lowest BCUT2D eigenvalue weighted by atomic mass is 9.95. The summed E-state index contributed by atoms with van der Waals surface area (Å²) >= 11 is 1.61. The molecule has 2 aromatic carbocycles. The Balaban J connectivity index is 1.35. The van der Waals surface area contributed by atoms with Crippen LogP contribution in [-0.4, -0.2) is 65.3 Å². The van der Waals surface area contributed by atoms with E-state index < -0.39 is 6.17 Å². The first-order valence-corrected chi connectivity index (χ1v) is 14.0. The van der Waals surface area contributed by atoms with E-state index in [4.69, 9.17) is 4.74 Å². The number of amides is 1. The van der Waals surface area contributed by atoms with E-state index in [1.807, 2.05) is 29.6 Å². The van der Waals surface area contributed by atoms with Gasteiger partial charge in [-0.2, -0.15) is 9.97 Å². The molecule has 0 saturated carbocycles. The molecule has 0 bridgehead atoms. The molecule has 2 N–H and O–H groups in total. The zero-order valence-electron chi connectivity index (χ0n) is 21.4. The Hall–Kier alpha value is -3.63. The van der Waals surface area contributed by atoms with Crippen molar-refractivity contribution in [3.63, 3.8) is 0 Å². The SMILES string of the molecule is C=CC(=O)NCCNc1nc(OCC23CCCN2C[C@H](F)C3)nc2cc(-c3cccc4sccc34)c(F)cc12. The van der Waals surface area contributed by atoms with Gasteiger partial charge in [-0.1, -0.05) is 18.7 Å². The summed E-state index contributed by atoms with van der Waals surface area (Å²) in [5.41, 5.74) is 1.41. The highest BCUT2D eigenvalue weighted by Gasteiger charge is 2.49. The summed E-state index contributed by atoms with van der Waals surface area (Å²) in [5, 5.41) is 9.36. The van der Waals surface area contributed by atoms with E-state index in [0.29, 0.717) is 48.3 Å². The number of hydrogen-bond donors (Lipinski definition) is 2. The first-order chi connectivity index (χ1) is 19.0. The van der Waals surface area contributed by atoms with Crippen molar-refractivity contribution in [3.8, 4) is 17.1 Å². The Bertz CT molecular complexity index is 1560. The molecule has 2 atom stereocenters. The highest BCUT2D eigenvalue weighted by atomic mass is 32.1. The van der Waals surface area contributed by atoms with Crippen molar-refractivity contribution in [1.82, 2.24) is 20.2 Å². The average molecular weight is 550 g/mol. The molecule has 0 radical (unpaired) electrons. The number of fused-ring (bicyclic) bond motifs is 3. The summed E-state index contributed by atoms with van der Waals surface area (Å²) in [5.74, 6) is -0.269. The van der Waals surface area contributed by atoms with Gasteiger partial charge in [0.15, 0.2) is 0 Å². The molecule has 4 aromatic rings. The minimum atomic E-state index is -0.861. The third kappa shape index (κ3) is 4.94. The molecular formula is C29H29F2N5O2S. The number of anilines is 1. The molecule has 1 amide bonds. The molecule has 6 rings (SSSR count). The quantitative estimate of drug-likeness (QED) is 0.217. The molecule has 2 aliphatic heterocycles. The fourth-order valence-corrected chi connectivity index (χ4v) is 6.66. The molecule has 2 saturated heterocycles. The third-order valence-electron chi connectivity index (χ3n) is 7.68. The maximum absolute atomic E-state index is 15.6. The van der Waals surface area contributed by atoms with E-state index in [9.17, 15) is 9.18 Å². The van der Waals surface area contributed by atoms with Crippen LogP contribution in [-0.2, 0) is 4.79 Å².